The predicted molar refractivity (Wildman–Crippen MR) is 125 cm³/mol. The van der Waals surface area contributed by atoms with Crippen LogP contribution in [0, 0.1) is 0 Å². The van der Waals surface area contributed by atoms with E-state index in [2.05, 4.69) is 33.9 Å². The zero-order chi connectivity index (χ0) is 24.8. The monoisotopic (exact) mass is 486 g/mol. The van der Waals surface area contributed by atoms with Crippen molar-refractivity contribution in [2.45, 2.75) is 83.2 Å². The molecule has 0 N–H and O–H groups in total. The highest BCUT2D eigenvalue weighted by Crippen LogP contribution is 2.46. The third-order valence-electron chi connectivity index (χ3n) is 6.27. The van der Waals surface area contributed by atoms with E-state index in [1.165, 1.54) is 18.4 Å². The van der Waals surface area contributed by atoms with E-state index >= 15 is 0 Å². The Morgan fingerprint density at radius 1 is 0.970 bits per heavy atom. The highest BCUT2D eigenvalue weighted by molar-refractivity contribution is 6.74. The van der Waals surface area contributed by atoms with E-state index in [9.17, 15) is 13.2 Å². The lowest BCUT2D eigenvalue weighted by Gasteiger charge is -2.38. The van der Waals surface area contributed by atoms with E-state index in [1.54, 1.807) is 30.3 Å². The molecule has 33 heavy (non-hydrogen) atoms. The standard InChI is InChI=1S/C25H37F3O4Si/c1-20(32-33(5,6)23(2,3)4)14-17-29-18-15-24(25(26,27)28,22-13-10-16-30-22)31-19-21-11-8-7-9-12-21/h7-13,16,20H,14-15,17-19H2,1-6H3/t20-,24?/m0/s1. The van der Waals surface area contributed by atoms with Gasteiger partial charge in [-0.1, -0.05) is 51.1 Å². The zero-order valence-corrected chi connectivity index (χ0v) is 21.5. The molecule has 0 spiro atoms. The molecule has 0 saturated heterocycles. The average molecular weight is 487 g/mol. The SMILES string of the molecule is C[C@@H](CCOCCC(OCc1ccccc1)(c1ccco1)C(F)(F)F)O[Si](C)(C)C(C)(C)C. The van der Waals surface area contributed by atoms with Gasteiger partial charge >= 0.3 is 6.18 Å². The second kappa shape index (κ2) is 11.2. The highest BCUT2D eigenvalue weighted by Gasteiger charge is 2.59. The molecule has 186 valence electrons. The van der Waals surface area contributed by atoms with Crippen LogP contribution in [0.4, 0.5) is 13.2 Å². The lowest BCUT2D eigenvalue weighted by molar-refractivity contribution is -0.300. The summed E-state index contributed by atoms with van der Waals surface area (Å²) in [5.74, 6) is -0.274. The molecule has 0 fully saturated rings. The van der Waals surface area contributed by atoms with E-state index in [-0.39, 0.29) is 30.1 Å². The second-order valence-corrected chi connectivity index (χ2v) is 14.7. The first kappa shape index (κ1) is 27.6. The number of halogens is 3. The lowest BCUT2D eigenvalue weighted by Crippen LogP contribution is -2.45. The van der Waals surface area contributed by atoms with Gasteiger partial charge in [0.2, 0.25) is 5.60 Å². The van der Waals surface area contributed by atoms with E-state index < -0.39 is 26.5 Å². The van der Waals surface area contributed by atoms with Gasteiger partial charge in [0.25, 0.3) is 0 Å². The number of furan rings is 1. The Hall–Kier alpha value is -1.61. The van der Waals surface area contributed by atoms with Crippen LogP contribution in [0.5, 0.6) is 0 Å². The largest absolute Gasteiger partial charge is 0.466 e. The van der Waals surface area contributed by atoms with Crippen LogP contribution >= 0.6 is 0 Å². The van der Waals surface area contributed by atoms with Crippen molar-refractivity contribution in [2.24, 2.45) is 0 Å². The number of hydrogen-bond acceptors (Lipinski definition) is 4. The van der Waals surface area contributed by atoms with Crippen LogP contribution in [0.1, 0.15) is 51.9 Å². The van der Waals surface area contributed by atoms with Gasteiger partial charge in [0.05, 0.1) is 19.5 Å². The molecule has 1 heterocycles. The van der Waals surface area contributed by atoms with Crippen molar-refractivity contribution in [3.63, 3.8) is 0 Å². The van der Waals surface area contributed by atoms with Crippen LogP contribution < -0.4 is 0 Å². The van der Waals surface area contributed by atoms with Crippen LogP contribution in [0.25, 0.3) is 0 Å². The Kier molecular flexibility index (Phi) is 9.38. The van der Waals surface area contributed by atoms with E-state index in [0.717, 1.165) is 0 Å². The molecule has 0 bridgehead atoms. The summed E-state index contributed by atoms with van der Waals surface area (Å²) >= 11 is 0. The molecule has 2 rings (SSSR count). The van der Waals surface area contributed by atoms with Crippen molar-refractivity contribution in [3.8, 4) is 0 Å². The van der Waals surface area contributed by atoms with Crippen molar-refractivity contribution in [1.82, 2.24) is 0 Å². The number of benzene rings is 1. The van der Waals surface area contributed by atoms with Crippen molar-refractivity contribution in [1.29, 1.82) is 0 Å². The molecule has 0 amide bonds. The highest BCUT2D eigenvalue weighted by atomic mass is 28.4. The molecule has 0 aliphatic rings. The molecule has 1 unspecified atom stereocenters. The fourth-order valence-electron chi connectivity index (χ4n) is 3.22. The minimum Gasteiger partial charge on any atom is -0.466 e. The van der Waals surface area contributed by atoms with Gasteiger partial charge in [-0.15, -0.1) is 0 Å². The first-order valence-electron chi connectivity index (χ1n) is 11.3. The third-order valence-corrected chi connectivity index (χ3v) is 10.9. The molecule has 2 atom stereocenters. The number of alkyl halides is 3. The van der Waals surface area contributed by atoms with Crippen molar-refractivity contribution >= 4 is 8.32 Å². The number of hydrogen-bond donors (Lipinski definition) is 0. The normalized spacial score (nSPS) is 15.9. The van der Waals surface area contributed by atoms with Crippen LogP contribution in [-0.4, -0.2) is 33.8 Å². The summed E-state index contributed by atoms with van der Waals surface area (Å²) in [6.45, 7) is 12.8. The number of rotatable bonds is 12. The Bertz CT molecular complexity index is 816. The molecule has 0 aliphatic heterocycles. The fraction of sp³-hybridized carbons (Fsp3) is 0.600. The molecule has 2 aromatic rings. The summed E-state index contributed by atoms with van der Waals surface area (Å²) in [6.07, 6.45) is -3.28. The molecule has 1 aromatic heterocycles. The molecular formula is C25H37F3O4Si. The van der Waals surface area contributed by atoms with Gasteiger partial charge in [-0.3, -0.25) is 0 Å². The predicted octanol–water partition coefficient (Wildman–Crippen LogP) is 7.46. The summed E-state index contributed by atoms with van der Waals surface area (Å²) in [5, 5.41) is 0.0908. The first-order valence-corrected chi connectivity index (χ1v) is 14.2. The summed E-state index contributed by atoms with van der Waals surface area (Å²) in [7, 11) is -1.91. The summed E-state index contributed by atoms with van der Waals surface area (Å²) in [5.41, 5.74) is -1.94. The second-order valence-electron chi connectivity index (χ2n) is 9.92. The Morgan fingerprint density at radius 3 is 2.18 bits per heavy atom. The lowest BCUT2D eigenvalue weighted by atomic mass is 9.95. The maximum atomic E-state index is 14.3. The maximum Gasteiger partial charge on any atom is 0.424 e. The van der Waals surface area contributed by atoms with Crippen LogP contribution in [0.3, 0.4) is 0 Å². The Balaban J connectivity index is 2.00. The Labute approximate surface area is 196 Å². The van der Waals surface area contributed by atoms with Gasteiger partial charge in [-0.25, -0.2) is 0 Å². The van der Waals surface area contributed by atoms with Gasteiger partial charge in [0.1, 0.15) is 5.76 Å². The van der Waals surface area contributed by atoms with Crippen LogP contribution in [0.15, 0.2) is 53.1 Å². The van der Waals surface area contributed by atoms with Crippen molar-refractivity contribution < 1.29 is 31.5 Å². The third kappa shape index (κ3) is 7.44. The van der Waals surface area contributed by atoms with Gasteiger partial charge < -0.3 is 18.3 Å². The van der Waals surface area contributed by atoms with Crippen LogP contribution in [-0.2, 0) is 26.1 Å². The van der Waals surface area contributed by atoms with Crippen molar-refractivity contribution in [2.75, 3.05) is 13.2 Å². The summed E-state index contributed by atoms with van der Waals surface area (Å²) < 4.78 is 65.6. The Morgan fingerprint density at radius 2 is 1.64 bits per heavy atom. The van der Waals surface area contributed by atoms with Gasteiger partial charge in [-0.05, 0) is 49.2 Å². The van der Waals surface area contributed by atoms with Gasteiger partial charge in [-0.2, -0.15) is 13.2 Å². The zero-order valence-electron chi connectivity index (χ0n) is 20.5. The molecule has 0 aliphatic carbocycles. The average Bonchev–Trinajstić information content (AvgIpc) is 3.24. The summed E-state index contributed by atoms with van der Waals surface area (Å²) in [6, 6.07) is 11.5. The number of ether oxygens (including phenoxy) is 2. The molecule has 0 radical (unpaired) electrons. The smallest absolute Gasteiger partial charge is 0.424 e. The van der Waals surface area contributed by atoms with E-state index in [0.29, 0.717) is 18.6 Å². The van der Waals surface area contributed by atoms with E-state index in [1.807, 2.05) is 6.92 Å². The first-order chi connectivity index (χ1) is 15.3. The molecule has 0 saturated carbocycles. The molecule has 1 aromatic carbocycles. The quantitative estimate of drug-likeness (QED) is 0.231. The molecule has 4 nitrogen and oxygen atoms in total. The minimum atomic E-state index is -4.68. The molecular weight excluding hydrogens is 449 g/mol. The summed E-state index contributed by atoms with van der Waals surface area (Å²) in [4.78, 5) is 0. The fourth-order valence-corrected chi connectivity index (χ4v) is 4.70. The minimum absolute atomic E-state index is 0.0299. The maximum absolute atomic E-state index is 14.3. The molecule has 8 heteroatoms. The van der Waals surface area contributed by atoms with Gasteiger partial charge in [0.15, 0.2) is 8.32 Å². The van der Waals surface area contributed by atoms with E-state index in [4.69, 9.17) is 18.3 Å². The topological polar surface area (TPSA) is 40.8 Å². The van der Waals surface area contributed by atoms with Crippen molar-refractivity contribution in [3.05, 3.63) is 60.1 Å². The van der Waals surface area contributed by atoms with Gasteiger partial charge in [0, 0.05) is 19.1 Å². The van der Waals surface area contributed by atoms with Crippen LogP contribution in [0.2, 0.25) is 18.1 Å².